The summed E-state index contributed by atoms with van der Waals surface area (Å²) in [4.78, 5) is 12.2. The largest absolute Gasteiger partial charge is 0.493 e. The van der Waals surface area contributed by atoms with Gasteiger partial charge in [0, 0.05) is 0 Å². The molecule has 0 aromatic heterocycles. The second kappa shape index (κ2) is 8.53. The highest BCUT2D eigenvalue weighted by atomic mass is 16.5. The van der Waals surface area contributed by atoms with Crippen LogP contribution in [0.15, 0.2) is 42.5 Å². The second-order valence-electron chi connectivity index (χ2n) is 6.09. The molecule has 2 aromatic carbocycles. The third kappa shape index (κ3) is 4.73. The maximum Gasteiger partial charge on any atom is 0.237 e. The highest BCUT2D eigenvalue weighted by Gasteiger charge is 2.19. The van der Waals surface area contributed by atoms with Gasteiger partial charge in [-0.05, 0) is 49.1 Å². The molecule has 5 nitrogen and oxygen atoms in total. The lowest BCUT2D eigenvalue weighted by Gasteiger charge is -2.22. The van der Waals surface area contributed by atoms with Gasteiger partial charge in [-0.25, -0.2) is 0 Å². The molecule has 2 aromatic rings. The monoisotopic (exact) mass is 342 g/mol. The number of carbonyl (C=O) groups is 1. The Bertz CT molecular complexity index is 729. The highest BCUT2D eigenvalue weighted by Crippen LogP contribution is 2.31. The van der Waals surface area contributed by atoms with Gasteiger partial charge in [-0.1, -0.05) is 30.3 Å². The van der Waals surface area contributed by atoms with Crippen LogP contribution in [-0.2, 0) is 11.2 Å². The summed E-state index contributed by atoms with van der Waals surface area (Å²) in [7, 11) is 3.19. The molecule has 2 rings (SSSR count). The molecule has 3 N–H and O–H groups in total. The first-order chi connectivity index (χ1) is 12.0. The Balaban J connectivity index is 2.37. The van der Waals surface area contributed by atoms with E-state index in [-0.39, 0.29) is 11.9 Å². The van der Waals surface area contributed by atoms with E-state index in [1.807, 2.05) is 30.3 Å². The van der Waals surface area contributed by atoms with Crippen molar-refractivity contribution in [1.82, 2.24) is 5.32 Å². The molecule has 0 aliphatic rings. The van der Waals surface area contributed by atoms with E-state index in [0.717, 1.165) is 5.56 Å². The Hall–Kier alpha value is -2.53. The van der Waals surface area contributed by atoms with Gasteiger partial charge in [0.1, 0.15) is 0 Å². The summed E-state index contributed by atoms with van der Waals surface area (Å²) in [5, 5.41) is 3.04. The zero-order chi connectivity index (χ0) is 18.4. The lowest BCUT2D eigenvalue weighted by atomic mass is 9.95. The van der Waals surface area contributed by atoms with E-state index >= 15 is 0 Å². The van der Waals surface area contributed by atoms with Gasteiger partial charge in [0.05, 0.1) is 26.3 Å². The maximum absolute atomic E-state index is 12.2. The summed E-state index contributed by atoms with van der Waals surface area (Å²) < 4.78 is 10.7. The Morgan fingerprint density at radius 1 is 1.12 bits per heavy atom. The van der Waals surface area contributed by atoms with E-state index in [2.05, 4.69) is 24.4 Å². The standard InChI is InChI=1S/C20H26N2O3/c1-13-7-5-6-8-15(13)11-17(22-20(23)14(2)21)16-9-10-18(24-3)19(12-16)25-4/h5-10,12,14,17H,11,21H2,1-4H3,(H,22,23)/t14-,17?/m0/s1. The van der Waals surface area contributed by atoms with Crippen molar-refractivity contribution < 1.29 is 14.3 Å². The van der Waals surface area contributed by atoms with Crippen LogP contribution < -0.4 is 20.5 Å². The van der Waals surface area contributed by atoms with Crippen molar-refractivity contribution in [1.29, 1.82) is 0 Å². The van der Waals surface area contributed by atoms with Crippen LogP contribution in [-0.4, -0.2) is 26.2 Å². The first-order valence-electron chi connectivity index (χ1n) is 8.28. The normalized spacial score (nSPS) is 13.0. The van der Waals surface area contributed by atoms with Crippen molar-refractivity contribution in [3.8, 4) is 11.5 Å². The minimum atomic E-state index is -0.570. The van der Waals surface area contributed by atoms with Crippen LogP contribution in [0.4, 0.5) is 0 Å². The van der Waals surface area contributed by atoms with E-state index < -0.39 is 6.04 Å². The Morgan fingerprint density at radius 3 is 2.40 bits per heavy atom. The summed E-state index contributed by atoms with van der Waals surface area (Å²) in [5.41, 5.74) is 9.03. The number of amides is 1. The molecule has 0 aliphatic carbocycles. The molecular weight excluding hydrogens is 316 g/mol. The smallest absolute Gasteiger partial charge is 0.237 e. The van der Waals surface area contributed by atoms with E-state index in [1.165, 1.54) is 11.1 Å². The molecule has 0 fully saturated rings. The number of aryl methyl sites for hydroxylation is 1. The fraction of sp³-hybridized carbons (Fsp3) is 0.350. The van der Waals surface area contributed by atoms with Gasteiger partial charge in [0.15, 0.2) is 11.5 Å². The lowest BCUT2D eigenvalue weighted by Crippen LogP contribution is -2.41. The maximum atomic E-state index is 12.2. The number of methoxy groups -OCH3 is 2. The summed E-state index contributed by atoms with van der Waals surface area (Å²) in [6.07, 6.45) is 0.667. The summed E-state index contributed by atoms with van der Waals surface area (Å²) in [6.45, 7) is 3.74. The highest BCUT2D eigenvalue weighted by molar-refractivity contribution is 5.81. The van der Waals surface area contributed by atoms with Crippen molar-refractivity contribution in [3.05, 3.63) is 59.2 Å². The zero-order valence-electron chi connectivity index (χ0n) is 15.2. The van der Waals surface area contributed by atoms with E-state index in [4.69, 9.17) is 15.2 Å². The van der Waals surface area contributed by atoms with Crippen LogP contribution in [0.3, 0.4) is 0 Å². The number of hydrogen-bond acceptors (Lipinski definition) is 4. The molecule has 2 atom stereocenters. The van der Waals surface area contributed by atoms with E-state index in [9.17, 15) is 4.79 Å². The van der Waals surface area contributed by atoms with Crippen LogP contribution in [0.5, 0.6) is 11.5 Å². The SMILES string of the molecule is COc1ccc(C(Cc2ccccc2C)NC(=O)[C@H](C)N)cc1OC. The van der Waals surface area contributed by atoms with Crippen molar-refractivity contribution in [2.75, 3.05) is 14.2 Å². The fourth-order valence-electron chi connectivity index (χ4n) is 2.68. The van der Waals surface area contributed by atoms with Gasteiger partial charge in [0.2, 0.25) is 5.91 Å². The summed E-state index contributed by atoms with van der Waals surface area (Å²) >= 11 is 0. The third-order valence-electron chi connectivity index (χ3n) is 4.23. The molecule has 0 bridgehead atoms. The van der Waals surface area contributed by atoms with Crippen LogP contribution in [0.2, 0.25) is 0 Å². The van der Waals surface area contributed by atoms with Crippen molar-refractivity contribution in [3.63, 3.8) is 0 Å². The third-order valence-corrected chi connectivity index (χ3v) is 4.23. The predicted octanol–water partition coefficient (Wildman–Crippen LogP) is 2.76. The first-order valence-corrected chi connectivity index (χ1v) is 8.28. The number of ether oxygens (including phenoxy) is 2. The van der Waals surface area contributed by atoms with Crippen LogP contribution in [0, 0.1) is 6.92 Å². The minimum absolute atomic E-state index is 0.187. The molecular formula is C20H26N2O3. The van der Waals surface area contributed by atoms with Crippen molar-refractivity contribution in [2.24, 2.45) is 5.73 Å². The molecule has 134 valence electrons. The minimum Gasteiger partial charge on any atom is -0.493 e. The number of nitrogens with one attached hydrogen (secondary N) is 1. The predicted molar refractivity (Wildman–Crippen MR) is 99.0 cm³/mol. The molecule has 1 unspecified atom stereocenters. The second-order valence-corrected chi connectivity index (χ2v) is 6.09. The van der Waals surface area contributed by atoms with E-state index in [0.29, 0.717) is 17.9 Å². The molecule has 0 heterocycles. The van der Waals surface area contributed by atoms with Gasteiger partial charge < -0.3 is 20.5 Å². The number of carbonyl (C=O) groups excluding carboxylic acids is 1. The molecule has 1 amide bonds. The van der Waals surface area contributed by atoms with Gasteiger partial charge in [-0.2, -0.15) is 0 Å². The van der Waals surface area contributed by atoms with Crippen LogP contribution in [0.1, 0.15) is 29.7 Å². The van der Waals surface area contributed by atoms with E-state index in [1.54, 1.807) is 21.1 Å². The number of hydrogen-bond donors (Lipinski definition) is 2. The molecule has 0 saturated carbocycles. The number of benzene rings is 2. The Labute approximate surface area is 149 Å². The Kier molecular flexibility index (Phi) is 6.42. The average Bonchev–Trinajstić information content (AvgIpc) is 2.62. The zero-order valence-corrected chi connectivity index (χ0v) is 15.2. The number of rotatable bonds is 7. The molecule has 0 saturated heterocycles. The lowest BCUT2D eigenvalue weighted by molar-refractivity contribution is -0.122. The molecule has 25 heavy (non-hydrogen) atoms. The molecule has 0 spiro atoms. The molecule has 5 heteroatoms. The Morgan fingerprint density at radius 2 is 1.80 bits per heavy atom. The summed E-state index contributed by atoms with van der Waals surface area (Å²) in [5.74, 6) is 1.10. The quantitative estimate of drug-likeness (QED) is 0.811. The topological polar surface area (TPSA) is 73.6 Å². The molecule has 0 radical (unpaired) electrons. The average molecular weight is 342 g/mol. The number of nitrogens with two attached hydrogens (primary N) is 1. The summed E-state index contributed by atoms with van der Waals surface area (Å²) in [6, 6.07) is 13.0. The van der Waals surface area contributed by atoms with Crippen molar-refractivity contribution >= 4 is 5.91 Å². The first kappa shape index (κ1) is 18.8. The van der Waals surface area contributed by atoms with Gasteiger partial charge in [-0.15, -0.1) is 0 Å². The van der Waals surface area contributed by atoms with Crippen LogP contribution >= 0.6 is 0 Å². The van der Waals surface area contributed by atoms with Gasteiger partial charge >= 0.3 is 0 Å². The van der Waals surface area contributed by atoms with Crippen LogP contribution in [0.25, 0.3) is 0 Å². The fourth-order valence-corrected chi connectivity index (χ4v) is 2.68. The molecule has 0 aliphatic heterocycles. The van der Waals surface area contributed by atoms with Gasteiger partial charge in [0.25, 0.3) is 0 Å². The van der Waals surface area contributed by atoms with Gasteiger partial charge in [-0.3, -0.25) is 4.79 Å². The van der Waals surface area contributed by atoms with Crippen molar-refractivity contribution in [2.45, 2.75) is 32.4 Å².